The summed E-state index contributed by atoms with van der Waals surface area (Å²) in [6.45, 7) is 6.06. The number of carbonyl (C=O) groups is 1. The highest BCUT2D eigenvalue weighted by molar-refractivity contribution is 5.98. The SMILES string of the molecule is CC(C)COC(=O)c1ccccc1Nc1nc(Nc2ccc(N3CCC(O)CC3)cc2)nc2cc[nH]c12. The van der Waals surface area contributed by atoms with E-state index in [0.29, 0.717) is 29.6 Å². The minimum Gasteiger partial charge on any atom is -0.462 e. The number of aliphatic hydroxyl groups excluding tert-OH is 1. The first-order valence-corrected chi connectivity index (χ1v) is 12.6. The predicted octanol–water partition coefficient (Wildman–Crippen LogP) is 5.22. The third-order valence-corrected chi connectivity index (χ3v) is 6.31. The van der Waals surface area contributed by atoms with E-state index >= 15 is 0 Å². The number of ether oxygens (including phenoxy) is 1. The second kappa shape index (κ2) is 10.9. The van der Waals surface area contributed by atoms with Crippen molar-refractivity contribution in [3.8, 4) is 0 Å². The molecular formula is C28H32N6O3. The standard InChI is InChI=1S/C28H32N6O3/c1-18(2)17-37-27(36)22-5-3-4-6-23(22)31-26-25-24(11-14-29-25)32-28(33-26)30-19-7-9-20(10-8-19)34-15-12-21(35)13-16-34/h3-11,14,18,21,29,35H,12-13,15-17H2,1-2H3,(H2,30,31,32,33). The number of hydrogen-bond acceptors (Lipinski definition) is 8. The number of piperidine rings is 1. The molecule has 3 heterocycles. The molecule has 0 radical (unpaired) electrons. The van der Waals surface area contributed by atoms with Crippen LogP contribution in [-0.2, 0) is 4.74 Å². The largest absolute Gasteiger partial charge is 0.462 e. The maximum Gasteiger partial charge on any atom is 0.340 e. The van der Waals surface area contributed by atoms with Crippen molar-refractivity contribution in [2.45, 2.75) is 32.8 Å². The molecule has 0 atom stereocenters. The average Bonchev–Trinajstić information content (AvgIpc) is 3.38. The smallest absolute Gasteiger partial charge is 0.340 e. The van der Waals surface area contributed by atoms with Crippen LogP contribution in [0.4, 0.5) is 28.8 Å². The van der Waals surface area contributed by atoms with Gasteiger partial charge < -0.3 is 30.4 Å². The summed E-state index contributed by atoms with van der Waals surface area (Å²) in [6.07, 6.45) is 3.19. The Labute approximate surface area is 215 Å². The van der Waals surface area contributed by atoms with Crippen LogP contribution in [0.1, 0.15) is 37.0 Å². The van der Waals surface area contributed by atoms with E-state index in [4.69, 9.17) is 9.72 Å². The number of carbonyl (C=O) groups excluding carboxylic acids is 1. The van der Waals surface area contributed by atoms with Gasteiger partial charge in [-0.3, -0.25) is 0 Å². The number of esters is 1. The summed E-state index contributed by atoms with van der Waals surface area (Å²) in [7, 11) is 0. The van der Waals surface area contributed by atoms with Crippen molar-refractivity contribution in [3.63, 3.8) is 0 Å². The van der Waals surface area contributed by atoms with Crippen LogP contribution in [0.25, 0.3) is 11.0 Å². The van der Waals surface area contributed by atoms with Gasteiger partial charge in [0.2, 0.25) is 5.95 Å². The van der Waals surface area contributed by atoms with E-state index in [9.17, 15) is 9.90 Å². The number of hydrogen-bond donors (Lipinski definition) is 4. The molecular weight excluding hydrogens is 468 g/mol. The molecule has 37 heavy (non-hydrogen) atoms. The predicted molar refractivity (Wildman–Crippen MR) is 146 cm³/mol. The van der Waals surface area contributed by atoms with Crippen molar-refractivity contribution >= 4 is 45.8 Å². The number of fused-ring (bicyclic) bond motifs is 1. The third-order valence-electron chi connectivity index (χ3n) is 6.31. The van der Waals surface area contributed by atoms with Gasteiger partial charge in [0, 0.05) is 30.7 Å². The highest BCUT2D eigenvalue weighted by atomic mass is 16.5. The number of aromatic nitrogens is 3. The molecule has 1 aliphatic rings. The van der Waals surface area contributed by atoms with Gasteiger partial charge in [0.1, 0.15) is 5.52 Å². The van der Waals surface area contributed by atoms with Crippen molar-refractivity contribution in [1.82, 2.24) is 15.0 Å². The van der Waals surface area contributed by atoms with Gasteiger partial charge in [-0.15, -0.1) is 0 Å². The number of anilines is 5. The number of nitrogens with zero attached hydrogens (tertiary/aromatic N) is 3. The zero-order valence-electron chi connectivity index (χ0n) is 21.1. The number of benzene rings is 2. The van der Waals surface area contributed by atoms with Gasteiger partial charge in [0.25, 0.3) is 0 Å². The highest BCUT2D eigenvalue weighted by Crippen LogP contribution is 2.28. The van der Waals surface area contributed by atoms with Crippen molar-refractivity contribution in [2.24, 2.45) is 5.92 Å². The normalized spacial score (nSPS) is 14.2. The summed E-state index contributed by atoms with van der Waals surface area (Å²) in [6, 6.07) is 17.2. The van der Waals surface area contributed by atoms with Crippen LogP contribution in [0.5, 0.6) is 0 Å². The number of aliphatic hydroxyl groups is 1. The van der Waals surface area contributed by atoms with Crippen LogP contribution in [0.2, 0.25) is 0 Å². The lowest BCUT2D eigenvalue weighted by atomic mass is 10.1. The Kier molecular flexibility index (Phi) is 7.23. The third kappa shape index (κ3) is 5.83. The zero-order valence-corrected chi connectivity index (χ0v) is 21.1. The van der Waals surface area contributed by atoms with Crippen molar-refractivity contribution < 1.29 is 14.6 Å². The minimum atomic E-state index is -0.379. The molecule has 9 nitrogen and oxygen atoms in total. The average molecular weight is 501 g/mol. The maximum absolute atomic E-state index is 12.7. The molecule has 2 aromatic heterocycles. The van der Waals surface area contributed by atoms with E-state index in [-0.39, 0.29) is 18.0 Å². The van der Waals surface area contributed by atoms with Crippen molar-refractivity contribution in [3.05, 3.63) is 66.4 Å². The Bertz CT molecular complexity index is 1360. The Morgan fingerprint density at radius 2 is 1.84 bits per heavy atom. The van der Waals surface area contributed by atoms with Crippen LogP contribution < -0.4 is 15.5 Å². The summed E-state index contributed by atoms with van der Waals surface area (Å²) < 4.78 is 5.45. The van der Waals surface area contributed by atoms with E-state index in [1.54, 1.807) is 6.07 Å². The fourth-order valence-corrected chi connectivity index (χ4v) is 4.32. The first-order valence-electron chi connectivity index (χ1n) is 12.6. The number of H-pyrrole nitrogens is 1. The van der Waals surface area contributed by atoms with Gasteiger partial charge >= 0.3 is 5.97 Å². The van der Waals surface area contributed by atoms with Gasteiger partial charge in [-0.05, 0) is 61.2 Å². The van der Waals surface area contributed by atoms with Crippen LogP contribution in [0.15, 0.2) is 60.8 Å². The monoisotopic (exact) mass is 500 g/mol. The quantitative estimate of drug-likeness (QED) is 0.244. The van der Waals surface area contributed by atoms with Gasteiger partial charge in [-0.25, -0.2) is 9.78 Å². The number of para-hydroxylation sites is 1. The molecule has 0 saturated carbocycles. The fraction of sp³-hybridized carbons (Fsp3) is 0.321. The lowest BCUT2D eigenvalue weighted by Gasteiger charge is -2.31. The van der Waals surface area contributed by atoms with Crippen LogP contribution in [-0.4, -0.2) is 51.8 Å². The summed E-state index contributed by atoms with van der Waals surface area (Å²) >= 11 is 0. The lowest BCUT2D eigenvalue weighted by molar-refractivity contribution is 0.0460. The molecule has 2 aromatic carbocycles. The Morgan fingerprint density at radius 1 is 1.08 bits per heavy atom. The fourth-order valence-electron chi connectivity index (χ4n) is 4.32. The molecule has 0 unspecified atom stereocenters. The molecule has 0 bridgehead atoms. The molecule has 1 aliphatic heterocycles. The molecule has 0 aliphatic carbocycles. The van der Waals surface area contributed by atoms with E-state index in [2.05, 4.69) is 37.6 Å². The summed E-state index contributed by atoms with van der Waals surface area (Å²) in [4.78, 5) is 27.5. The van der Waals surface area contributed by atoms with E-state index in [1.165, 1.54) is 0 Å². The lowest BCUT2D eigenvalue weighted by Crippen LogP contribution is -2.35. The number of nitrogens with one attached hydrogen (secondary N) is 3. The maximum atomic E-state index is 12.7. The Hall–Kier alpha value is -4.11. The van der Waals surface area contributed by atoms with Gasteiger partial charge in [0.05, 0.1) is 29.5 Å². The van der Waals surface area contributed by atoms with Gasteiger partial charge in [-0.2, -0.15) is 4.98 Å². The van der Waals surface area contributed by atoms with E-state index < -0.39 is 0 Å². The summed E-state index contributed by atoms with van der Waals surface area (Å²) in [5.74, 6) is 0.851. The second-order valence-corrected chi connectivity index (χ2v) is 9.69. The van der Waals surface area contributed by atoms with E-state index in [0.717, 1.165) is 48.3 Å². The number of rotatable bonds is 8. The zero-order chi connectivity index (χ0) is 25.8. The van der Waals surface area contributed by atoms with Crippen molar-refractivity contribution in [1.29, 1.82) is 0 Å². The summed E-state index contributed by atoms with van der Waals surface area (Å²) in [5, 5.41) is 16.4. The molecule has 0 spiro atoms. The minimum absolute atomic E-state index is 0.196. The van der Waals surface area contributed by atoms with Crippen LogP contribution in [0.3, 0.4) is 0 Å². The first-order chi connectivity index (χ1) is 18.0. The topological polar surface area (TPSA) is 115 Å². The second-order valence-electron chi connectivity index (χ2n) is 9.69. The molecule has 1 fully saturated rings. The summed E-state index contributed by atoms with van der Waals surface area (Å²) in [5.41, 5.74) is 4.51. The molecule has 4 N–H and O–H groups in total. The van der Waals surface area contributed by atoms with E-state index in [1.807, 2.05) is 56.4 Å². The highest BCUT2D eigenvalue weighted by Gasteiger charge is 2.18. The first kappa shape index (κ1) is 24.6. The van der Waals surface area contributed by atoms with Gasteiger partial charge in [-0.1, -0.05) is 26.0 Å². The van der Waals surface area contributed by atoms with Crippen LogP contribution >= 0.6 is 0 Å². The van der Waals surface area contributed by atoms with Gasteiger partial charge in [0.15, 0.2) is 5.82 Å². The number of aromatic amines is 1. The molecule has 0 amide bonds. The molecule has 5 rings (SSSR count). The van der Waals surface area contributed by atoms with Crippen LogP contribution in [0, 0.1) is 5.92 Å². The Balaban J connectivity index is 1.36. The molecule has 192 valence electrons. The van der Waals surface area contributed by atoms with Crippen molar-refractivity contribution in [2.75, 3.05) is 35.2 Å². The molecule has 1 saturated heterocycles. The molecule has 4 aromatic rings. The Morgan fingerprint density at radius 3 is 2.59 bits per heavy atom. The molecule has 9 heteroatoms.